The van der Waals surface area contributed by atoms with E-state index in [1.165, 1.54) is 26.8 Å². The predicted molar refractivity (Wildman–Crippen MR) is 122 cm³/mol. The lowest BCUT2D eigenvalue weighted by Gasteiger charge is -2.37. The predicted octanol–water partition coefficient (Wildman–Crippen LogP) is 2.98. The highest BCUT2D eigenvalue weighted by molar-refractivity contribution is 7.54. The molecule has 7 unspecified atom stereocenters. The second-order valence-electron chi connectivity index (χ2n) is 9.45. The average molecular weight is 538 g/mol. The van der Waals surface area contributed by atoms with E-state index in [1.54, 1.807) is 6.92 Å². The minimum absolute atomic E-state index is 0.0615. The smallest absolute Gasteiger partial charge is 0.388 e. The van der Waals surface area contributed by atoms with Crippen LogP contribution in [-0.4, -0.2) is 59.4 Å². The lowest BCUT2D eigenvalue weighted by atomic mass is 9.92. The highest BCUT2D eigenvalue weighted by Crippen LogP contribution is 2.59. The molecule has 7 atom stereocenters. The lowest BCUT2D eigenvalue weighted by Crippen LogP contribution is -2.40. The summed E-state index contributed by atoms with van der Waals surface area (Å²) in [4.78, 5) is 28.7. The number of nitrogens with one attached hydrogen (secondary N) is 1. The largest absolute Gasteiger partial charge is 0.433 e. The molecule has 36 heavy (non-hydrogen) atoms. The number of halogens is 3. The Kier molecular flexibility index (Phi) is 7.80. The molecular formula is C22H30F3N2O8P. The van der Waals surface area contributed by atoms with Crippen LogP contribution in [-0.2, 0) is 20.0 Å². The molecule has 0 radical (unpaired) electrons. The monoisotopic (exact) mass is 538 g/mol. The normalized spacial score (nSPS) is 28.0. The summed E-state index contributed by atoms with van der Waals surface area (Å²) in [6.07, 6.45) is -10.4. The Balaban J connectivity index is 1.88. The van der Waals surface area contributed by atoms with E-state index in [2.05, 4.69) is 9.97 Å². The number of pyridine rings is 2. The van der Waals surface area contributed by atoms with E-state index in [1.807, 2.05) is 0 Å². The maximum Gasteiger partial charge on any atom is 0.433 e. The first-order chi connectivity index (χ1) is 16.4. The Morgan fingerprint density at radius 1 is 1.17 bits per heavy atom. The zero-order chi connectivity index (χ0) is 27.3. The third-order valence-corrected chi connectivity index (χ3v) is 8.92. The van der Waals surface area contributed by atoms with Crippen LogP contribution in [0.5, 0.6) is 0 Å². The van der Waals surface area contributed by atoms with Crippen molar-refractivity contribution in [3.63, 3.8) is 0 Å². The Bertz CT molecular complexity index is 1220. The number of aromatic nitrogens is 2. The van der Waals surface area contributed by atoms with Gasteiger partial charge < -0.3 is 34.5 Å². The van der Waals surface area contributed by atoms with E-state index in [0.29, 0.717) is 0 Å². The molecule has 0 amide bonds. The van der Waals surface area contributed by atoms with Gasteiger partial charge in [0.2, 0.25) is 0 Å². The molecule has 1 saturated heterocycles. The molecule has 3 rings (SSSR count). The number of aliphatic hydroxyl groups excluding tert-OH is 2. The van der Waals surface area contributed by atoms with Crippen LogP contribution in [0.2, 0.25) is 0 Å². The van der Waals surface area contributed by atoms with Gasteiger partial charge in [0.1, 0.15) is 29.7 Å². The highest BCUT2D eigenvalue weighted by atomic mass is 31.2. The van der Waals surface area contributed by atoms with Crippen molar-refractivity contribution in [1.29, 1.82) is 0 Å². The van der Waals surface area contributed by atoms with Gasteiger partial charge in [0.25, 0.3) is 5.56 Å². The van der Waals surface area contributed by atoms with Crippen LogP contribution in [0.3, 0.4) is 0 Å². The Labute approximate surface area is 204 Å². The summed E-state index contributed by atoms with van der Waals surface area (Å²) in [6.45, 7) is 5.83. The molecule has 14 heteroatoms. The molecule has 0 aromatic carbocycles. The molecule has 0 spiro atoms. The number of H-pyrrole nitrogens is 1. The van der Waals surface area contributed by atoms with E-state index in [4.69, 9.17) is 9.26 Å². The Morgan fingerprint density at radius 2 is 1.81 bits per heavy atom. The fourth-order valence-corrected chi connectivity index (χ4v) is 5.31. The fourth-order valence-electron chi connectivity index (χ4n) is 3.91. The van der Waals surface area contributed by atoms with Crippen molar-refractivity contribution in [3.8, 4) is 0 Å². The van der Waals surface area contributed by atoms with Gasteiger partial charge in [-0.15, -0.1) is 0 Å². The van der Waals surface area contributed by atoms with E-state index < -0.39 is 60.4 Å². The number of rotatable bonds is 8. The zero-order valence-corrected chi connectivity index (χ0v) is 21.0. The summed E-state index contributed by atoms with van der Waals surface area (Å²) in [6, 6.07) is 3.08. The number of hydrogen-bond acceptors (Lipinski definition) is 8. The van der Waals surface area contributed by atoms with E-state index in [-0.39, 0.29) is 35.9 Å². The van der Waals surface area contributed by atoms with Crippen LogP contribution in [0.15, 0.2) is 23.0 Å². The first-order valence-electron chi connectivity index (χ1n) is 11.3. The molecule has 1 aliphatic heterocycles. The van der Waals surface area contributed by atoms with Crippen LogP contribution in [0, 0.1) is 0 Å². The van der Waals surface area contributed by atoms with Gasteiger partial charge >= 0.3 is 13.8 Å². The summed E-state index contributed by atoms with van der Waals surface area (Å²) in [5.74, 6) is 0. The van der Waals surface area contributed by atoms with Gasteiger partial charge in [-0.25, -0.2) is 4.98 Å². The zero-order valence-electron chi connectivity index (χ0n) is 20.1. The van der Waals surface area contributed by atoms with E-state index in [9.17, 15) is 42.7 Å². The summed E-state index contributed by atoms with van der Waals surface area (Å²) < 4.78 is 62.8. The molecule has 2 aromatic heterocycles. The Hall–Kier alpha value is -1.86. The number of fused-ring (bicyclic) bond motifs is 1. The standard InChI is InChI=1S/C22H30F3N2O8P/c1-5-20(3,35-36(32,33)21(4,31)6-2)10-13-15(28)16(29)17(34-13)12-9-11-7-8-14(22(23,24)25)26-18(11)27-19(12)30/h7-9,13,15-17,28-29,31H,5-6,10H2,1-4H3,(H,32,33)(H,26,27,30). The molecular weight excluding hydrogens is 508 g/mol. The van der Waals surface area contributed by atoms with Gasteiger partial charge in [-0.05, 0) is 44.9 Å². The average Bonchev–Trinajstić information content (AvgIpc) is 3.05. The van der Waals surface area contributed by atoms with Crippen LogP contribution in [0.1, 0.15) is 64.3 Å². The van der Waals surface area contributed by atoms with Crippen molar-refractivity contribution in [2.75, 3.05) is 0 Å². The van der Waals surface area contributed by atoms with E-state index in [0.717, 1.165) is 12.1 Å². The summed E-state index contributed by atoms with van der Waals surface area (Å²) in [7, 11) is -4.54. The minimum atomic E-state index is -4.71. The third kappa shape index (κ3) is 5.52. The van der Waals surface area contributed by atoms with Crippen molar-refractivity contribution in [2.24, 2.45) is 0 Å². The molecule has 0 bridgehead atoms. The van der Waals surface area contributed by atoms with E-state index >= 15 is 0 Å². The second kappa shape index (κ2) is 9.79. The SMILES string of the molecule is CCC(C)(CC1OC(c2cc3ccc(C(F)(F)F)nc3[nH]c2=O)C(O)C1O)OP(=O)(O)C(C)(O)CC. The van der Waals surface area contributed by atoms with Gasteiger partial charge in [-0.2, -0.15) is 13.2 Å². The lowest BCUT2D eigenvalue weighted by molar-refractivity contribution is -0.141. The molecule has 2 aromatic rings. The molecule has 1 aliphatic rings. The molecule has 0 saturated carbocycles. The Morgan fingerprint density at radius 3 is 2.36 bits per heavy atom. The van der Waals surface area contributed by atoms with Crippen molar-refractivity contribution < 1.29 is 47.2 Å². The van der Waals surface area contributed by atoms with Gasteiger partial charge in [-0.1, -0.05) is 13.8 Å². The first kappa shape index (κ1) is 28.7. The number of aliphatic hydroxyl groups is 3. The van der Waals surface area contributed by atoms with Crippen LogP contribution >= 0.6 is 7.60 Å². The number of alkyl halides is 3. The third-order valence-electron chi connectivity index (χ3n) is 6.69. The summed E-state index contributed by atoms with van der Waals surface area (Å²) >= 11 is 0. The van der Waals surface area contributed by atoms with Crippen molar-refractivity contribution >= 4 is 18.6 Å². The van der Waals surface area contributed by atoms with Crippen molar-refractivity contribution in [3.05, 3.63) is 39.8 Å². The number of aromatic amines is 1. The van der Waals surface area contributed by atoms with Crippen LogP contribution in [0.4, 0.5) is 13.2 Å². The van der Waals surface area contributed by atoms with Gasteiger partial charge in [0, 0.05) is 17.4 Å². The maximum absolute atomic E-state index is 12.9. The summed E-state index contributed by atoms with van der Waals surface area (Å²) in [5, 5.41) is 29.6. The number of hydrogen-bond donors (Lipinski definition) is 5. The second-order valence-corrected chi connectivity index (χ2v) is 11.6. The first-order valence-corrected chi connectivity index (χ1v) is 12.9. The van der Waals surface area contributed by atoms with Gasteiger partial charge in [0.05, 0.1) is 11.7 Å². The fraction of sp³-hybridized carbons (Fsp3) is 0.636. The molecule has 5 N–H and O–H groups in total. The number of ether oxygens (including phenoxy) is 1. The maximum atomic E-state index is 12.9. The molecule has 0 aliphatic carbocycles. The van der Waals surface area contributed by atoms with Gasteiger partial charge in [-0.3, -0.25) is 9.36 Å². The molecule has 202 valence electrons. The van der Waals surface area contributed by atoms with Crippen molar-refractivity contribution in [2.45, 2.75) is 88.5 Å². The topological polar surface area (TPSA) is 162 Å². The van der Waals surface area contributed by atoms with Crippen LogP contribution < -0.4 is 5.56 Å². The number of nitrogens with zero attached hydrogens (tertiary/aromatic N) is 1. The minimum Gasteiger partial charge on any atom is -0.388 e. The summed E-state index contributed by atoms with van der Waals surface area (Å²) in [5.41, 5.74) is -3.86. The van der Waals surface area contributed by atoms with Crippen molar-refractivity contribution in [1.82, 2.24) is 9.97 Å². The molecule has 1 fully saturated rings. The molecule has 3 heterocycles. The molecule has 10 nitrogen and oxygen atoms in total. The van der Waals surface area contributed by atoms with Gasteiger partial charge in [0.15, 0.2) is 5.34 Å². The quantitative estimate of drug-likeness (QED) is 0.318. The van der Waals surface area contributed by atoms with Crippen LogP contribution in [0.25, 0.3) is 11.0 Å². The highest BCUT2D eigenvalue weighted by Gasteiger charge is 2.50.